The van der Waals surface area contributed by atoms with E-state index in [4.69, 9.17) is 0 Å². The van der Waals surface area contributed by atoms with Gasteiger partial charge in [0.1, 0.15) is 5.82 Å². The van der Waals surface area contributed by atoms with Crippen LogP contribution in [0.5, 0.6) is 0 Å². The molecule has 4 aromatic heterocycles. The molecule has 4 heterocycles. The number of hydrogen-bond donors (Lipinski definition) is 0. The van der Waals surface area contributed by atoms with Gasteiger partial charge in [0.2, 0.25) is 0 Å². The van der Waals surface area contributed by atoms with Crippen LogP contribution in [0.15, 0.2) is 34.6 Å². The fourth-order valence-corrected chi connectivity index (χ4v) is 3.48. The summed E-state index contributed by atoms with van der Waals surface area (Å²) in [6.07, 6.45) is 2.68. The van der Waals surface area contributed by atoms with E-state index in [1.54, 1.807) is 20.4 Å². The predicted octanol–water partition coefficient (Wildman–Crippen LogP) is 2.36. The van der Waals surface area contributed by atoms with Crippen LogP contribution in [-0.4, -0.2) is 24.1 Å². The minimum atomic E-state index is -0.0286. The SMILES string of the molecule is Cc1nc2nc(C)c3c(=O)n(CCc4cccs4)ccc3n2n1. The lowest BCUT2D eigenvalue weighted by atomic mass is 10.2. The number of hydrogen-bond acceptors (Lipinski definition) is 5. The van der Waals surface area contributed by atoms with Crippen LogP contribution in [0.3, 0.4) is 0 Å². The van der Waals surface area contributed by atoms with E-state index < -0.39 is 0 Å². The number of fused-ring (bicyclic) bond motifs is 3. The van der Waals surface area contributed by atoms with Gasteiger partial charge in [0.15, 0.2) is 0 Å². The first-order valence-electron chi connectivity index (χ1n) is 7.39. The summed E-state index contributed by atoms with van der Waals surface area (Å²) >= 11 is 1.71. The van der Waals surface area contributed by atoms with Crippen LogP contribution < -0.4 is 5.56 Å². The van der Waals surface area contributed by atoms with E-state index in [1.165, 1.54) is 4.88 Å². The Hall–Kier alpha value is -2.54. The summed E-state index contributed by atoms with van der Waals surface area (Å²) < 4.78 is 3.38. The second kappa shape index (κ2) is 5.27. The van der Waals surface area contributed by atoms with Gasteiger partial charge in [-0.2, -0.15) is 9.50 Å². The van der Waals surface area contributed by atoms with Gasteiger partial charge in [-0.1, -0.05) is 6.07 Å². The molecule has 0 aromatic carbocycles. The van der Waals surface area contributed by atoms with Crippen LogP contribution in [0.25, 0.3) is 16.7 Å². The van der Waals surface area contributed by atoms with Gasteiger partial charge in [0.05, 0.1) is 16.6 Å². The minimum absolute atomic E-state index is 0.0286. The molecule has 0 aliphatic carbocycles. The third-order valence-corrected chi connectivity index (χ3v) is 4.81. The lowest BCUT2D eigenvalue weighted by Gasteiger charge is -2.08. The lowest BCUT2D eigenvalue weighted by Crippen LogP contribution is -2.22. The molecular formula is C16H15N5OS. The van der Waals surface area contributed by atoms with E-state index in [0.717, 1.165) is 11.9 Å². The number of aromatic nitrogens is 5. The standard InChI is InChI=1S/C16H15N5OS/c1-10-14-13(21-16(17-10)18-11(2)19-21)6-8-20(15(14)22)7-5-12-4-3-9-23-12/h3-4,6,8-9H,5,7H2,1-2H3. The molecule has 0 bridgehead atoms. The maximum atomic E-state index is 12.8. The summed E-state index contributed by atoms with van der Waals surface area (Å²) in [5, 5.41) is 7.00. The molecule has 6 nitrogen and oxygen atoms in total. The Labute approximate surface area is 136 Å². The van der Waals surface area contributed by atoms with Crippen molar-refractivity contribution in [1.82, 2.24) is 24.1 Å². The van der Waals surface area contributed by atoms with Crippen LogP contribution in [-0.2, 0) is 13.0 Å². The Morgan fingerprint density at radius 1 is 1.22 bits per heavy atom. The van der Waals surface area contributed by atoms with Gasteiger partial charge >= 0.3 is 0 Å². The van der Waals surface area contributed by atoms with Crippen molar-refractivity contribution in [3.8, 4) is 0 Å². The molecule has 0 N–H and O–H groups in total. The average molecular weight is 325 g/mol. The molecule has 116 valence electrons. The Morgan fingerprint density at radius 3 is 2.87 bits per heavy atom. The van der Waals surface area contributed by atoms with Crippen LogP contribution >= 0.6 is 11.3 Å². The van der Waals surface area contributed by atoms with E-state index in [1.807, 2.05) is 32.2 Å². The summed E-state index contributed by atoms with van der Waals surface area (Å²) in [4.78, 5) is 22.8. The molecule has 4 aromatic rings. The third-order valence-electron chi connectivity index (χ3n) is 3.88. The average Bonchev–Trinajstić information content (AvgIpc) is 3.15. The highest BCUT2D eigenvalue weighted by molar-refractivity contribution is 7.09. The summed E-state index contributed by atoms with van der Waals surface area (Å²) in [6.45, 7) is 4.32. The van der Waals surface area contributed by atoms with Crippen molar-refractivity contribution in [1.29, 1.82) is 0 Å². The molecule has 0 amide bonds. The fraction of sp³-hybridized carbons (Fsp3) is 0.250. The van der Waals surface area contributed by atoms with Crippen molar-refractivity contribution in [2.75, 3.05) is 0 Å². The Kier molecular flexibility index (Phi) is 3.23. The van der Waals surface area contributed by atoms with E-state index in [9.17, 15) is 4.79 Å². The van der Waals surface area contributed by atoms with Crippen LogP contribution in [0, 0.1) is 13.8 Å². The smallest absolute Gasteiger partial charge is 0.261 e. The Bertz CT molecular complexity index is 1060. The summed E-state index contributed by atoms with van der Waals surface area (Å²) in [6, 6.07) is 6.03. The van der Waals surface area contributed by atoms with E-state index >= 15 is 0 Å². The normalized spacial score (nSPS) is 11.6. The predicted molar refractivity (Wildman–Crippen MR) is 90.0 cm³/mol. The molecule has 4 rings (SSSR count). The molecule has 0 spiro atoms. The van der Waals surface area contributed by atoms with Crippen LogP contribution in [0.2, 0.25) is 0 Å². The second-order valence-corrected chi connectivity index (χ2v) is 6.50. The lowest BCUT2D eigenvalue weighted by molar-refractivity contribution is 0.678. The zero-order valence-corrected chi connectivity index (χ0v) is 13.7. The first-order valence-corrected chi connectivity index (χ1v) is 8.27. The topological polar surface area (TPSA) is 65.1 Å². The monoisotopic (exact) mass is 325 g/mol. The van der Waals surface area contributed by atoms with E-state index in [0.29, 0.717) is 29.2 Å². The molecule has 0 atom stereocenters. The maximum Gasteiger partial charge on any atom is 0.261 e. The van der Waals surface area contributed by atoms with E-state index in [2.05, 4.69) is 26.5 Å². The minimum Gasteiger partial charge on any atom is -0.314 e. The molecule has 23 heavy (non-hydrogen) atoms. The molecule has 0 fully saturated rings. The summed E-state index contributed by atoms with van der Waals surface area (Å²) in [7, 11) is 0. The first-order chi connectivity index (χ1) is 11.1. The van der Waals surface area contributed by atoms with Crippen molar-refractivity contribution in [2.45, 2.75) is 26.8 Å². The molecule has 0 aliphatic rings. The van der Waals surface area contributed by atoms with Gasteiger partial charge in [-0.3, -0.25) is 4.79 Å². The van der Waals surface area contributed by atoms with Crippen molar-refractivity contribution in [3.05, 3.63) is 56.5 Å². The molecule has 0 unspecified atom stereocenters. The Morgan fingerprint density at radius 2 is 2.09 bits per heavy atom. The highest BCUT2D eigenvalue weighted by atomic mass is 32.1. The number of pyridine rings is 1. The van der Waals surface area contributed by atoms with Crippen LogP contribution in [0.4, 0.5) is 0 Å². The number of thiophene rings is 1. The quantitative estimate of drug-likeness (QED) is 0.580. The van der Waals surface area contributed by atoms with Crippen molar-refractivity contribution in [2.24, 2.45) is 0 Å². The molecule has 0 saturated heterocycles. The Balaban J connectivity index is 1.85. The zero-order valence-electron chi connectivity index (χ0n) is 12.9. The van der Waals surface area contributed by atoms with E-state index in [-0.39, 0.29) is 5.56 Å². The van der Waals surface area contributed by atoms with Gasteiger partial charge in [0.25, 0.3) is 11.3 Å². The fourth-order valence-electron chi connectivity index (χ4n) is 2.79. The highest BCUT2D eigenvalue weighted by Crippen LogP contribution is 2.15. The molecular weight excluding hydrogens is 310 g/mol. The van der Waals surface area contributed by atoms with Gasteiger partial charge < -0.3 is 4.57 Å². The van der Waals surface area contributed by atoms with Gasteiger partial charge in [-0.15, -0.1) is 16.4 Å². The second-order valence-electron chi connectivity index (χ2n) is 5.47. The number of aryl methyl sites for hydroxylation is 4. The number of nitrogens with zero attached hydrogens (tertiary/aromatic N) is 5. The number of rotatable bonds is 3. The molecule has 0 aliphatic heterocycles. The van der Waals surface area contributed by atoms with Gasteiger partial charge in [-0.25, -0.2) is 4.98 Å². The van der Waals surface area contributed by atoms with Gasteiger partial charge in [0, 0.05) is 17.6 Å². The van der Waals surface area contributed by atoms with Crippen molar-refractivity contribution in [3.63, 3.8) is 0 Å². The van der Waals surface area contributed by atoms with Gasteiger partial charge in [-0.05, 0) is 37.8 Å². The first kappa shape index (κ1) is 14.1. The molecule has 7 heteroatoms. The zero-order chi connectivity index (χ0) is 16.0. The molecule has 0 saturated carbocycles. The maximum absolute atomic E-state index is 12.8. The van der Waals surface area contributed by atoms with Crippen molar-refractivity contribution < 1.29 is 0 Å². The summed E-state index contributed by atoms with van der Waals surface area (Å²) in [5.41, 5.74) is 1.42. The van der Waals surface area contributed by atoms with Crippen molar-refractivity contribution >= 4 is 28.0 Å². The molecule has 0 radical (unpaired) electrons. The third kappa shape index (κ3) is 2.33. The van der Waals surface area contributed by atoms with Crippen LogP contribution in [0.1, 0.15) is 16.4 Å². The highest BCUT2D eigenvalue weighted by Gasteiger charge is 2.13. The summed E-state index contributed by atoms with van der Waals surface area (Å²) in [5.74, 6) is 1.18. The largest absolute Gasteiger partial charge is 0.314 e.